The van der Waals surface area contributed by atoms with Gasteiger partial charge in [-0.25, -0.2) is 13.2 Å². The molecule has 0 saturated heterocycles. The van der Waals surface area contributed by atoms with Crippen LogP contribution in [-0.4, -0.2) is 45.4 Å². The molecule has 0 saturated carbocycles. The van der Waals surface area contributed by atoms with Gasteiger partial charge in [0.05, 0.1) is 16.1 Å². The molecule has 0 spiro atoms. The zero-order valence-corrected chi connectivity index (χ0v) is 19.7. The minimum absolute atomic E-state index is 0.0967. The molecule has 1 amide bonds. The highest BCUT2D eigenvalue weighted by Crippen LogP contribution is 2.31. The van der Waals surface area contributed by atoms with Crippen LogP contribution in [0, 0.1) is 0 Å². The maximum atomic E-state index is 13.2. The van der Waals surface area contributed by atoms with Gasteiger partial charge in [0.15, 0.2) is 6.61 Å². The number of amides is 1. The Kier molecular flexibility index (Phi) is 6.98. The number of esters is 1. The molecule has 3 aromatic carbocycles. The van der Waals surface area contributed by atoms with Crippen LogP contribution in [0.25, 0.3) is 0 Å². The Morgan fingerprint density at radius 1 is 0.941 bits per heavy atom. The van der Waals surface area contributed by atoms with Crippen LogP contribution >= 0.6 is 0 Å². The predicted molar refractivity (Wildman–Crippen MR) is 129 cm³/mol. The van der Waals surface area contributed by atoms with Crippen molar-refractivity contribution in [1.29, 1.82) is 0 Å². The van der Waals surface area contributed by atoms with Crippen molar-refractivity contribution in [3.63, 3.8) is 0 Å². The molecule has 34 heavy (non-hydrogen) atoms. The van der Waals surface area contributed by atoms with E-state index < -0.39 is 22.6 Å². The highest BCUT2D eigenvalue weighted by atomic mass is 32.2. The zero-order valence-electron chi connectivity index (χ0n) is 18.9. The predicted octanol–water partition coefficient (Wildman–Crippen LogP) is 3.64. The summed E-state index contributed by atoms with van der Waals surface area (Å²) in [5.74, 6) is -1.02. The highest BCUT2D eigenvalue weighted by Gasteiger charge is 2.29. The molecule has 1 aliphatic rings. The third kappa shape index (κ3) is 5.12. The van der Waals surface area contributed by atoms with Gasteiger partial charge in [0.25, 0.3) is 15.9 Å². The van der Waals surface area contributed by atoms with E-state index in [4.69, 9.17) is 4.74 Å². The molecule has 0 atom stereocenters. The quantitative estimate of drug-likeness (QED) is 0.484. The normalized spacial score (nSPS) is 13.1. The standard InChI is InChI=1S/C26H26N2O5S/c1-27(18-20-8-3-2-4-9-20)25(29)19-33-26(30)22-13-15-23(16-14-22)34(31,32)28-17-7-11-21-10-5-6-12-24(21)28/h2-6,8-10,12-16H,7,11,17-19H2,1H3. The summed E-state index contributed by atoms with van der Waals surface area (Å²) in [6.45, 7) is 0.415. The lowest BCUT2D eigenvalue weighted by molar-refractivity contribution is -0.133. The Morgan fingerprint density at radius 2 is 1.62 bits per heavy atom. The first-order valence-electron chi connectivity index (χ1n) is 11.0. The fourth-order valence-electron chi connectivity index (χ4n) is 3.91. The molecular weight excluding hydrogens is 452 g/mol. The van der Waals surface area contributed by atoms with Crippen LogP contribution in [0.4, 0.5) is 5.69 Å². The second-order valence-electron chi connectivity index (χ2n) is 8.15. The van der Waals surface area contributed by atoms with Gasteiger partial charge in [-0.1, -0.05) is 48.5 Å². The Hall–Kier alpha value is -3.65. The van der Waals surface area contributed by atoms with E-state index in [9.17, 15) is 18.0 Å². The third-order valence-electron chi connectivity index (χ3n) is 5.76. The number of hydrogen-bond acceptors (Lipinski definition) is 5. The number of rotatable bonds is 7. The van der Waals surface area contributed by atoms with Crippen molar-refractivity contribution < 1.29 is 22.7 Å². The molecule has 4 rings (SSSR count). The molecule has 176 valence electrons. The highest BCUT2D eigenvalue weighted by molar-refractivity contribution is 7.92. The molecule has 0 aromatic heterocycles. The van der Waals surface area contributed by atoms with Crippen LogP contribution in [0.2, 0.25) is 0 Å². The van der Waals surface area contributed by atoms with Gasteiger partial charge in [-0.2, -0.15) is 0 Å². The van der Waals surface area contributed by atoms with Gasteiger partial charge in [-0.3, -0.25) is 9.10 Å². The average molecular weight is 479 g/mol. The number of para-hydroxylation sites is 1. The first kappa shape index (κ1) is 23.5. The molecule has 1 aliphatic heterocycles. The van der Waals surface area contributed by atoms with Crippen molar-refractivity contribution in [1.82, 2.24) is 4.90 Å². The van der Waals surface area contributed by atoms with Crippen molar-refractivity contribution in [3.8, 4) is 0 Å². The minimum atomic E-state index is -3.76. The van der Waals surface area contributed by atoms with Gasteiger partial charge < -0.3 is 9.64 Å². The molecule has 0 fully saturated rings. The first-order valence-corrected chi connectivity index (χ1v) is 12.5. The molecule has 3 aromatic rings. The third-order valence-corrected chi connectivity index (χ3v) is 7.59. The number of sulfonamides is 1. The van der Waals surface area contributed by atoms with Crippen LogP contribution in [0.5, 0.6) is 0 Å². The van der Waals surface area contributed by atoms with Gasteiger partial charge in [0.2, 0.25) is 0 Å². The molecular formula is C26H26N2O5S. The summed E-state index contributed by atoms with van der Waals surface area (Å²) in [6.07, 6.45) is 1.58. The summed E-state index contributed by atoms with van der Waals surface area (Å²) in [4.78, 5) is 26.3. The van der Waals surface area contributed by atoms with Crippen LogP contribution < -0.4 is 4.31 Å². The SMILES string of the molecule is CN(Cc1ccccc1)C(=O)COC(=O)c1ccc(S(=O)(=O)N2CCCc3ccccc32)cc1. The molecule has 0 bridgehead atoms. The van der Waals surface area contributed by atoms with E-state index in [1.165, 1.54) is 33.5 Å². The number of benzene rings is 3. The van der Waals surface area contributed by atoms with Crippen LogP contribution in [0.3, 0.4) is 0 Å². The van der Waals surface area contributed by atoms with Crippen LogP contribution in [0.15, 0.2) is 83.8 Å². The Labute approximate surface area is 199 Å². The fraction of sp³-hybridized carbons (Fsp3) is 0.231. The van der Waals surface area contributed by atoms with Crippen molar-refractivity contribution in [2.24, 2.45) is 0 Å². The number of nitrogens with zero attached hydrogens (tertiary/aromatic N) is 2. The number of likely N-dealkylation sites (N-methyl/N-ethyl adjacent to an activating group) is 1. The molecule has 8 heteroatoms. The van der Waals surface area contributed by atoms with Crippen molar-refractivity contribution in [3.05, 3.63) is 95.6 Å². The van der Waals surface area contributed by atoms with E-state index in [0.29, 0.717) is 18.8 Å². The van der Waals surface area contributed by atoms with E-state index in [1.54, 1.807) is 7.05 Å². The summed E-state index contributed by atoms with van der Waals surface area (Å²) >= 11 is 0. The van der Waals surface area contributed by atoms with Gasteiger partial charge in [0.1, 0.15) is 0 Å². The topological polar surface area (TPSA) is 84.0 Å². The number of carbonyl (C=O) groups is 2. The van der Waals surface area contributed by atoms with Crippen molar-refractivity contribution in [2.75, 3.05) is 24.5 Å². The maximum absolute atomic E-state index is 13.2. The van der Waals surface area contributed by atoms with E-state index in [1.807, 2.05) is 54.6 Å². The van der Waals surface area contributed by atoms with Crippen molar-refractivity contribution >= 4 is 27.6 Å². The summed E-state index contributed by atoms with van der Waals surface area (Å²) in [6, 6.07) is 22.6. The average Bonchev–Trinajstić information content (AvgIpc) is 2.87. The lowest BCUT2D eigenvalue weighted by atomic mass is 10.0. The lowest BCUT2D eigenvalue weighted by Gasteiger charge is -2.30. The minimum Gasteiger partial charge on any atom is -0.452 e. The van der Waals surface area contributed by atoms with E-state index >= 15 is 0 Å². The Bertz CT molecular complexity index is 1270. The zero-order chi connectivity index (χ0) is 24.1. The van der Waals surface area contributed by atoms with Crippen LogP contribution in [-0.2, 0) is 32.5 Å². The molecule has 0 unspecified atom stereocenters. The van der Waals surface area contributed by atoms with Gasteiger partial charge >= 0.3 is 5.97 Å². The number of aryl methyl sites for hydroxylation is 1. The molecule has 1 heterocycles. The second-order valence-corrected chi connectivity index (χ2v) is 10.0. The monoisotopic (exact) mass is 478 g/mol. The van der Waals surface area contributed by atoms with Gasteiger partial charge in [0, 0.05) is 20.1 Å². The van der Waals surface area contributed by atoms with Crippen molar-refractivity contribution in [2.45, 2.75) is 24.3 Å². The van der Waals surface area contributed by atoms with E-state index in [0.717, 1.165) is 24.0 Å². The van der Waals surface area contributed by atoms with Gasteiger partial charge in [-0.15, -0.1) is 0 Å². The smallest absolute Gasteiger partial charge is 0.338 e. The largest absolute Gasteiger partial charge is 0.452 e. The molecule has 0 N–H and O–H groups in total. The first-order chi connectivity index (χ1) is 16.4. The number of anilines is 1. The van der Waals surface area contributed by atoms with Crippen LogP contribution in [0.1, 0.15) is 27.9 Å². The number of carbonyl (C=O) groups excluding carboxylic acids is 2. The number of fused-ring (bicyclic) bond motifs is 1. The Balaban J connectivity index is 1.38. The number of hydrogen-bond donors (Lipinski definition) is 0. The summed E-state index contributed by atoms with van der Waals surface area (Å²) < 4.78 is 33.0. The van der Waals surface area contributed by atoms with E-state index in [2.05, 4.69) is 0 Å². The molecule has 7 nitrogen and oxygen atoms in total. The maximum Gasteiger partial charge on any atom is 0.338 e. The number of ether oxygens (including phenoxy) is 1. The summed E-state index contributed by atoms with van der Waals surface area (Å²) in [5, 5.41) is 0. The fourth-order valence-corrected chi connectivity index (χ4v) is 5.45. The summed E-state index contributed by atoms with van der Waals surface area (Å²) in [7, 11) is -2.12. The summed E-state index contributed by atoms with van der Waals surface area (Å²) in [5.41, 5.74) is 2.84. The molecule has 0 radical (unpaired) electrons. The Morgan fingerprint density at radius 3 is 2.35 bits per heavy atom. The van der Waals surface area contributed by atoms with Gasteiger partial charge in [-0.05, 0) is 54.3 Å². The second kappa shape index (κ2) is 10.1. The lowest BCUT2D eigenvalue weighted by Crippen LogP contribution is -2.35. The van der Waals surface area contributed by atoms with E-state index in [-0.39, 0.29) is 16.4 Å². The molecule has 0 aliphatic carbocycles.